The number of rotatable bonds is 0. The summed E-state index contributed by atoms with van der Waals surface area (Å²) in [5.41, 5.74) is 0.921. The van der Waals surface area contributed by atoms with Crippen LogP contribution >= 0.6 is 0 Å². The molecule has 0 aromatic heterocycles. The molecular formula is C15H26O. The third-order valence-electron chi connectivity index (χ3n) is 6.72. The monoisotopic (exact) mass is 222 g/mol. The SMILES string of the molecule is C[C@@H]1CC[C@H]2C(C)(C)[C@H](O)[C@]3(C)CC[C@@]12C3. The van der Waals surface area contributed by atoms with Gasteiger partial charge in [-0.1, -0.05) is 27.7 Å². The van der Waals surface area contributed by atoms with E-state index in [9.17, 15) is 5.11 Å². The number of fused-ring (bicyclic) bond motifs is 1. The highest BCUT2D eigenvalue weighted by Gasteiger charge is 2.67. The zero-order valence-electron chi connectivity index (χ0n) is 11.2. The molecule has 0 saturated heterocycles. The van der Waals surface area contributed by atoms with E-state index in [2.05, 4.69) is 27.7 Å². The summed E-state index contributed by atoms with van der Waals surface area (Å²) in [5, 5.41) is 10.7. The van der Waals surface area contributed by atoms with Crippen LogP contribution in [-0.2, 0) is 0 Å². The minimum atomic E-state index is -0.0917. The maximum absolute atomic E-state index is 10.7. The Balaban J connectivity index is 2.10. The standard InChI is InChI=1S/C15H26O/c1-10-5-6-11-13(2,3)12(16)14(4)7-8-15(10,11)9-14/h10-12,16H,5-9H2,1-4H3/t10-,11+,12+,14-,15-/m1/s1. The number of hydrogen-bond acceptors (Lipinski definition) is 1. The fourth-order valence-corrected chi connectivity index (χ4v) is 5.93. The predicted octanol–water partition coefficient (Wildman–Crippen LogP) is 3.61. The van der Waals surface area contributed by atoms with Crippen LogP contribution in [0.25, 0.3) is 0 Å². The summed E-state index contributed by atoms with van der Waals surface area (Å²) in [4.78, 5) is 0. The van der Waals surface area contributed by atoms with Crippen LogP contribution in [0.1, 0.15) is 59.8 Å². The van der Waals surface area contributed by atoms with Crippen molar-refractivity contribution < 1.29 is 5.11 Å². The Labute approximate surface area is 99.6 Å². The van der Waals surface area contributed by atoms with Gasteiger partial charge in [-0.15, -0.1) is 0 Å². The van der Waals surface area contributed by atoms with Crippen LogP contribution in [0.3, 0.4) is 0 Å². The normalized spacial score (nSPS) is 58.7. The minimum absolute atomic E-state index is 0.0917. The number of aliphatic hydroxyl groups excluding tert-OH is 1. The fourth-order valence-electron chi connectivity index (χ4n) is 5.93. The highest BCUT2D eigenvalue weighted by Crippen LogP contribution is 2.72. The van der Waals surface area contributed by atoms with Gasteiger partial charge in [-0.05, 0) is 60.2 Å². The van der Waals surface area contributed by atoms with Gasteiger partial charge < -0.3 is 5.11 Å². The fraction of sp³-hybridized carbons (Fsp3) is 1.00. The first-order chi connectivity index (χ1) is 7.33. The van der Waals surface area contributed by atoms with Gasteiger partial charge in [0, 0.05) is 0 Å². The van der Waals surface area contributed by atoms with Crippen LogP contribution in [0.4, 0.5) is 0 Å². The maximum Gasteiger partial charge on any atom is 0.0647 e. The second-order valence-corrected chi connectivity index (χ2v) is 7.82. The first-order valence-electron chi connectivity index (χ1n) is 7.01. The summed E-state index contributed by atoms with van der Waals surface area (Å²) < 4.78 is 0. The van der Waals surface area contributed by atoms with Crippen molar-refractivity contribution in [3.63, 3.8) is 0 Å². The summed E-state index contributed by atoms with van der Waals surface area (Å²) in [6.45, 7) is 9.42. The number of hydrogen-bond donors (Lipinski definition) is 1. The van der Waals surface area contributed by atoms with Gasteiger partial charge in [0.05, 0.1) is 6.10 Å². The van der Waals surface area contributed by atoms with E-state index in [4.69, 9.17) is 0 Å². The summed E-state index contributed by atoms with van der Waals surface area (Å²) in [5.74, 6) is 1.65. The molecule has 0 aromatic rings. The van der Waals surface area contributed by atoms with Crippen molar-refractivity contribution in [2.45, 2.75) is 65.9 Å². The van der Waals surface area contributed by atoms with E-state index >= 15 is 0 Å². The molecule has 92 valence electrons. The summed E-state index contributed by atoms with van der Waals surface area (Å²) in [6.07, 6.45) is 6.55. The molecule has 1 N–H and O–H groups in total. The van der Waals surface area contributed by atoms with E-state index in [-0.39, 0.29) is 16.9 Å². The molecule has 1 heteroatoms. The molecule has 0 radical (unpaired) electrons. The summed E-state index contributed by atoms with van der Waals surface area (Å²) in [6, 6.07) is 0. The summed E-state index contributed by atoms with van der Waals surface area (Å²) >= 11 is 0. The molecule has 3 fully saturated rings. The molecule has 2 bridgehead atoms. The largest absolute Gasteiger partial charge is 0.392 e. The molecule has 3 rings (SSSR count). The van der Waals surface area contributed by atoms with Crippen LogP contribution in [0.5, 0.6) is 0 Å². The molecule has 0 amide bonds. The van der Waals surface area contributed by atoms with Gasteiger partial charge in [0.2, 0.25) is 0 Å². The maximum atomic E-state index is 10.7. The Morgan fingerprint density at radius 2 is 1.75 bits per heavy atom. The quantitative estimate of drug-likeness (QED) is 0.664. The second kappa shape index (κ2) is 2.85. The van der Waals surface area contributed by atoms with E-state index in [1.54, 1.807) is 0 Å². The van der Waals surface area contributed by atoms with Crippen LogP contribution in [0, 0.1) is 28.1 Å². The molecule has 0 aliphatic heterocycles. The van der Waals surface area contributed by atoms with E-state index in [1.165, 1.54) is 32.1 Å². The van der Waals surface area contributed by atoms with E-state index in [0.29, 0.717) is 5.41 Å². The molecular weight excluding hydrogens is 196 g/mol. The third-order valence-corrected chi connectivity index (χ3v) is 6.72. The first-order valence-corrected chi connectivity index (χ1v) is 7.01. The van der Waals surface area contributed by atoms with Crippen LogP contribution in [0.2, 0.25) is 0 Å². The van der Waals surface area contributed by atoms with Crippen LogP contribution in [0.15, 0.2) is 0 Å². The molecule has 3 aliphatic rings. The van der Waals surface area contributed by atoms with Gasteiger partial charge in [-0.25, -0.2) is 0 Å². The van der Waals surface area contributed by atoms with Crippen molar-refractivity contribution >= 4 is 0 Å². The number of aliphatic hydroxyl groups is 1. The van der Waals surface area contributed by atoms with Crippen molar-refractivity contribution in [2.75, 3.05) is 0 Å². The highest BCUT2D eigenvalue weighted by molar-refractivity contribution is 5.16. The van der Waals surface area contributed by atoms with Gasteiger partial charge in [0.25, 0.3) is 0 Å². The first kappa shape index (κ1) is 11.1. The molecule has 1 nitrogen and oxygen atoms in total. The molecule has 5 atom stereocenters. The molecule has 0 unspecified atom stereocenters. The molecule has 3 saturated carbocycles. The molecule has 0 heterocycles. The second-order valence-electron chi connectivity index (χ2n) is 7.82. The molecule has 1 spiro atoms. The Bertz CT molecular complexity index is 321. The Hall–Kier alpha value is -0.0400. The average molecular weight is 222 g/mol. The zero-order chi connectivity index (χ0) is 11.8. The van der Waals surface area contributed by atoms with Crippen molar-refractivity contribution in [2.24, 2.45) is 28.1 Å². The lowest BCUT2D eigenvalue weighted by molar-refractivity contribution is -0.138. The lowest BCUT2D eigenvalue weighted by Crippen LogP contribution is -2.54. The topological polar surface area (TPSA) is 20.2 Å². The van der Waals surface area contributed by atoms with Crippen molar-refractivity contribution in [1.29, 1.82) is 0 Å². The van der Waals surface area contributed by atoms with E-state index in [1.807, 2.05) is 0 Å². The highest BCUT2D eigenvalue weighted by atomic mass is 16.3. The van der Waals surface area contributed by atoms with Crippen LogP contribution < -0.4 is 0 Å². The average Bonchev–Trinajstić information content (AvgIpc) is 2.69. The predicted molar refractivity (Wildman–Crippen MR) is 66.1 cm³/mol. The minimum Gasteiger partial charge on any atom is -0.392 e. The lowest BCUT2D eigenvalue weighted by Gasteiger charge is -2.55. The van der Waals surface area contributed by atoms with Gasteiger partial charge in [0.15, 0.2) is 0 Å². The lowest BCUT2D eigenvalue weighted by atomic mass is 9.51. The van der Waals surface area contributed by atoms with Crippen molar-refractivity contribution in [1.82, 2.24) is 0 Å². The Morgan fingerprint density at radius 3 is 2.44 bits per heavy atom. The zero-order valence-corrected chi connectivity index (χ0v) is 11.2. The molecule has 0 aromatic carbocycles. The molecule has 16 heavy (non-hydrogen) atoms. The Kier molecular flexibility index (Phi) is 1.98. The van der Waals surface area contributed by atoms with Crippen LogP contribution in [-0.4, -0.2) is 11.2 Å². The molecule has 3 aliphatic carbocycles. The summed E-state index contributed by atoms with van der Waals surface area (Å²) in [7, 11) is 0. The smallest absolute Gasteiger partial charge is 0.0647 e. The van der Waals surface area contributed by atoms with Gasteiger partial charge in [0.1, 0.15) is 0 Å². The van der Waals surface area contributed by atoms with Gasteiger partial charge in [-0.2, -0.15) is 0 Å². The Morgan fingerprint density at radius 1 is 1.06 bits per heavy atom. The van der Waals surface area contributed by atoms with E-state index in [0.717, 1.165) is 11.8 Å². The third kappa shape index (κ3) is 1.02. The van der Waals surface area contributed by atoms with Crippen molar-refractivity contribution in [3.8, 4) is 0 Å². The van der Waals surface area contributed by atoms with Gasteiger partial charge >= 0.3 is 0 Å². The van der Waals surface area contributed by atoms with Crippen molar-refractivity contribution in [3.05, 3.63) is 0 Å². The van der Waals surface area contributed by atoms with E-state index < -0.39 is 0 Å². The van der Waals surface area contributed by atoms with Gasteiger partial charge in [-0.3, -0.25) is 0 Å².